The first-order chi connectivity index (χ1) is 10.2. The van der Waals surface area contributed by atoms with Crippen LogP contribution in [0.25, 0.3) is 0 Å². The van der Waals surface area contributed by atoms with Crippen LogP contribution in [0.3, 0.4) is 0 Å². The van der Waals surface area contributed by atoms with Crippen molar-refractivity contribution in [1.29, 1.82) is 0 Å². The SMILES string of the molecule is CCC(C)C(=O)ON1CCN(c2ccccc2OC)CC1. The molecule has 0 radical (unpaired) electrons. The molecule has 21 heavy (non-hydrogen) atoms. The summed E-state index contributed by atoms with van der Waals surface area (Å²) in [5, 5.41) is 1.76. The van der Waals surface area contributed by atoms with Crippen LogP contribution in [-0.2, 0) is 9.63 Å². The van der Waals surface area contributed by atoms with Crippen molar-refractivity contribution >= 4 is 11.7 Å². The molecule has 5 nitrogen and oxygen atoms in total. The highest BCUT2D eigenvalue weighted by molar-refractivity contribution is 5.71. The number of hydrogen-bond donors (Lipinski definition) is 0. The van der Waals surface area contributed by atoms with Crippen molar-refractivity contribution in [2.75, 3.05) is 38.2 Å². The number of hydrogen-bond acceptors (Lipinski definition) is 5. The topological polar surface area (TPSA) is 42.0 Å². The van der Waals surface area contributed by atoms with E-state index in [0.29, 0.717) is 13.1 Å². The quantitative estimate of drug-likeness (QED) is 0.833. The van der Waals surface area contributed by atoms with Crippen molar-refractivity contribution in [2.24, 2.45) is 5.92 Å². The summed E-state index contributed by atoms with van der Waals surface area (Å²) in [6, 6.07) is 7.99. The first-order valence-corrected chi connectivity index (χ1v) is 7.50. The molecule has 0 amide bonds. The van der Waals surface area contributed by atoms with Gasteiger partial charge in [-0.2, -0.15) is 0 Å². The summed E-state index contributed by atoms with van der Waals surface area (Å²) >= 11 is 0. The molecule has 0 aromatic heterocycles. The molecule has 116 valence electrons. The third-order valence-corrected chi connectivity index (χ3v) is 3.90. The van der Waals surface area contributed by atoms with E-state index in [1.807, 2.05) is 32.0 Å². The van der Waals surface area contributed by atoms with Crippen molar-refractivity contribution in [2.45, 2.75) is 20.3 Å². The van der Waals surface area contributed by atoms with Gasteiger partial charge < -0.3 is 14.5 Å². The minimum Gasteiger partial charge on any atom is -0.495 e. The highest BCUT2D eigenvalue weighted by Crippen LogP contribution is 2.28. The summed E-state index contributed by atoms with van der Waals surface area (Å²) < 4.78 is 5.40. The zero-order valence-electron chi connectivity index (χ0n) is 13.0. The van der Waals surface area contributed by atoms with Crippen LogP contribution >= 0.6 is 0 Å². The molecule has 0 bridgehead atoms. The lowest BCUT2D eigenvalue weighted by atomic mass is 10.1. The number of ether oxygens (including phenoxy) is 1. The predicted octanol–water partition coefficient (Wildman–Crippen LogP) is 2.32. The van der Waals surface area contributed by atoms with E-state index >= 15 is 0 Å². The Bertz CT molecular complexity index is 470. The molecule has 1 aromatic rings. The normalized spacial score (nSPS) is 17.4. The lowest BCUT2D eigenvalue weighted by Gasteiger charge is -2.35. The molecule has 0 N–H and O–H groups in total. The Hall–Kier alpha value is -1.75. The smallest absolute Gasteiger partial charge is 0.327 e. The third-order valence-electron chi connectivity index (χ3n) is 3.90. The Kier molecular flexibility index (Phi) is 5.44. The van der Waals surface area contributed by atoms with Crippen LogP contribution in [0.1, 0.15) is 20.3 Å². The van der Waals surface area contributed by atoms with Gasteiger partial charge in [-0.25, -0.2) is 0 Å². The number of nitrogens with zero attached hydrogens (tertiary/aromatic N) is 2. The lowest BCUT2D eigenvalue weighted by Crippen LogP contribution is -2.47. The number of carbonyl (C=O) groups excluding carboxylic acids is 1. The van der Waals surface area contributed by atoms with E-state index in [1.54, 1.807) is 12.2 Å². The first kappa shape index (κ1) is 15.6. The number of para-hydroxylation sites is 2. The van der Waals surface area contributed by atoms with E-state index in [9.17, 15) is 4.79 Å². The molecule has 1 heterocycles. The van der Waals surface area contributed by atoms with Gasteiger partial charge in [0.1, 0.15) is 5.75 Å². The second-order valence-corrected chi connectivity index (χ2v) is 5.31. The van der Waals surface area contributed by atoms with Crippen molar-refractivity contribution in [3.8, 4) is 5.75 Å². The van der Waals surface area contributed by atoms with Gasteiger partial charge in [0.15, 0.2) is 0 Å². The van der Waals surface area contributed by atoms with Crippen LogP contribution < -0.4 is 9.64 Å². The maximum atomic E-state index is 11.8. The molecule has 1 saturated heterocycles. The number of methoxy groups -OCH3 is 1. The minimum absolute atomic E-state index is 0.0442. The molecule has 0 spiro atoms. The summed E-state index contributed by atoms with van der Waals surface area (Å²) in [4.78, 5) is 19.5. The van der Waals surface area contributed by atoms with Gasteiger partial charge in [0, 0.05) is 13.1 Å². The lowest BCUT2D eigenvalue weighted by molar-refractivity contribution is -0.196. The Balaban J connectivity index is 1.90. The van der Waals surface area contributed by atoms with E-state index in [0.717, 1.165) is 30.9 Å². The van der Waals surface area contributed by atoms with E-state index in [-0.39, 0.29) is 11.9 Å². The molecule has 1 aliphatic heterocycles. The average molecular weight is 292 g/mol. The van der Waals surface area contributed by atoms with E-state index in [4.69, 9.17) is 9.57 Å². The number of carbonyl (C=O) groups is 1. The first-order valence-electron chi connectivity index (χ1n) is 7.50. The summed E-state index contributed by atoms with van der Waals surface area (Å²) in [6.45, 7) is 6.93. The fourth-order valence-corrected chi connectivity index (χ4v) is 2.30. The summed E-state index contributed by atoms with van der Waals surface area (Å²) in [6.07, 6.45) is 0.806. The van der Waals surface area contributed by atoms with Gasteiger partial charge >= 0.3 is 5.97 Å². The van der Waals surface area contributed by atoms with Gasteiger partial charge in [-0.3, -0.25) is 4.79 Å². The number of hydroxylamine groups is 2. The molecule has 0 aliphatic carbocycles. The number of anilines is 1. The van der Waals surface area contributed by atoms with Gasteiger partial charge in [0.25, 0.3) is 0 Å². The van der Waals surface area contributed by atoms with Crippen molar-refractivity contribution in [3.63, 3.8) is 0 Å². The van der Waals surface area contributed by atoms with Crippen LogP contribution in [0.15, 0.2) is 24.3 Å². The van der Waals surface area contributed by atoms with Crippen LogP contribution in [0.2, 0.25) is 0 Å². The van der Waals surface area contributed by atoms with Gasteiger partial charge in [0.05, 0.1) is 31.8 Å². The molecule has 1 atom stereocenters. The summed E-state index contributed by atoms with van der Waals surface area (Å²) in [5.74, 6) is 0.697. The maximum absolute atomic E-state index is 11.8. The largest absolute Gasteiger partial charge is 0.495 e. The van der Waals surface area contributed by atoms with Gasteiger partial charge in [-0.05, 0) is 18.6 Å². The Labute approximate surface area is 126 Å². The van der Waals surface area contributed by atoms with Gasteiger partial charge in [-0.1, -0.05) is 26.0 Å². The third kappa shape index (κ3) is 3.88. The molecule has 1 aliphatic rings. The van der Waals surface area contributed by atoms with Crippen LogP contribution in [0.4, 0.5) is 5.69 Å². The Morgan fingerprint density at radius 3 is 2.52 bits per heavy atom. The average Bonchev–Trinajstić information content (AvgIpc) is 2.54. The van der Waals surface area contributed by atoms with Crippen molar-refractivity contribution in [3.05, 3.63) is 24.3 Å². The molecule has 1 aromatic carbocycles. The highest BCUT2D eigenvalue weighted by atomic mass is 16.7. The number of piperazine rings is 1. The van der Waals surface area contributed by atoms with Crippen LogP contribution in [0.5, 0.6) is 5.75 Å². The van der Waals surface area contributed by atoms with Crippen molar-refractivity contribution < 1.29 is 14.4 Å². The molecular formula is C16H24N2O3. The molecule has 2 rings (SSSR count). The standard InChI is InChI=1S/C16H24N2O3/c1-4-13(2)16(19)21-18-11-9-17(10-12-18)14-7-5-6-8-15(14)20-3/h5-8,13H,4,9-12H2,1-3H3. The van der Waals surface area contributed by atoms with Gasteiger partial charge in [-0.15, -0.1) is 5.06 Å². The number of benzene rings is 1. The highest BCUT2D eigenvalue weighted by Gasteiger charge is 2.23. The van der Waals surface area contributed by atoms with E-state index in [2.05, 4.69) is 11.0 Å². The summed E-state index contributed by atoms with van der Waals surface area (Å²) in [5.41, 5.74) is 1.09. The Morgan fingerprint density at radius 2 is 1.90 bits per heavy atom. The zero-order valence-corrected chi connectivity index (χ0v) is 13.0. The second kappa shape index (κ2) is 7.31. The molecule has 1 fully saturated rings. The fourth-order valence-electron chi connectivity index (χ4n) is 2.30. The van der Waals surface area contributed by atoms with E-state index < -0.39 is 0 Å². The second-order valence-electron chi connectivity index (χ2n) is 5.31. The van der Waals surface area contributed by atoms with Gasteiger partial charge in [0.2, 0.25) is 0 Å². The maximum Gasteiger partial charge on any atom is 0.327 e. The minimum atomic E-state index is -0.136. The summed E-state index contributed by atoms with van der Waals surface area (Å²) in [7, 11) is 1.68. The molecule has 5 heteroatoms. The monoisotopic (exact) mass is 292 g/mol. The zero-order chi connectivity index (χ0) is 15.2. The Morgan fingerprint density at radius 1 is 1.24 bits per heavy atom. The van der Waals surface area contributed by atoms with Crippen LogP contribution in [0, 0.1) is 5.92 Å². The molecular weight excluding hydrogens is 268 g/mol. The van der Waals surface area contributed by atoms with Crippen LogP contribution in [-0.4, -0.2) is 44.3 Å². The molecule has 0 saturated carbocycles. The predicted molar refractivity (Wildman–Crippen MR) is 82.3 cm³/mol. The molecule has 1 unspecified atom stereocenters. The number of rotatable bonds is 5. The van der Waals surface area contributed by atoms with Crippen molar-refractivity contribution in [1.82, 2.24) is 5.06 Å². The van der Waals surface area contributed by atoms with E-state index in [1.165, 1.54) is 0 Å². The fraction of sp³-hybridized carbons (Fsp3) is 0.562.